The quantitative estimate of drug-likeness (QED) is 0.417. The highest BCUT2D eigenvalue weighted by Gasteiger charge is 2.28. The zero-order chi connectivity index (χ0) is 26.4. The Hall–Kier alpha value is -3.78. The van der Waals surface area contributed by atoms with Crippen LogP contribution in [0.2, 0.25) is 5.02 Å². The topological polar surface area (TPSA) is 77.1 Å². The Morgan fingerprint density at radius 1 is 1.00 bits per heavy atom. The van der Waals surface area contributed by atoms with E-state index in [0.717, 1.165) is 24.5 Å². The van der Waals surface area contributed by atoms with Gasteiger partial charge in [-0.1, -0.05) is 29.8 Å². The molecule has 4 rings (SSSR count). The molecule has 1 N–H and O–H groups in total. The van der Waals surface area contributed by atoms with Crippen LogP contribution in [0.4, 0.5) is 10.1 Å². The molecule has 0 aromatic heterocycles. The number of carbonyl (C=O) groups excluding carboxylic acids is 2. The highest BCUT2D eigenvalue weighted by molar-refractivity contribution is 6.30. The minimum atomic E-state index is -0.607. The predicted octanol–water partition coefficient (Wildman–Crippen LogP) is 5.53. The minimum Gasteiger partial charge on any atom is -0.496 e. The van der Waals surface area contributed by atoms with Gasteiger partial charge >= 0.3 is 0 Å². The molecule has 1 fully saturated rings. The number of amides is 2. The van der Waals surface area contributed by atoms with Gasteiger partial charge in [-0.2, -0.15) is 0 Å². The summed E-state index contributed by atoms with van der Waals surface area (Å²) in [6, 6.07) is 17.0. The molecule has 0 radical (unpaired) electrons. The third-order valence-electron chi connectivity index (χ3n) is 6.35. The van der Waals surface area contributed by atoms with E-state index < -0.39 is 5.82 Å². The number of nitrogens with zero attached hydrogens (tertiary/aromatic N) is 1. The van der Waals surface area contributed by atoms with E-state index in [9.17, 15) is 14.0 Å². The average molecular weight is 527 g/mol. The molecule has 0 spiro atoms. The zero-order valence-corrected chi connectivity index (χ0v) is 21.4. The normalized spacial score (nSPS) is 13.7. The molecule has 1 heterocycles. The van der Waals surface area contributed by atoms with Crippen molar-refractivity contribution in [1.29, 1.82) is 0 Å². The number of nitrogens with one attached hydrogen (secondary N) is 1. The predicted molar refractivity (Wildman–Crippen MR) is 139 cm³/mol. The number of halogens is 2. The van der Waals surface area contributed by atoms with Crippen molar-refractivity contribution in [3.63, 3.8) is 0 Å². The molecule has 3 aromatic rings. The Morgan fingerprint density at radius 2 is 1.65 bits per heavy atom. The first-order valence-electron chi connectivity index (χ1n) is 11.9. The fourth-order valence-corrected chi connectivity index (χ4v) is 4.50. The van der Waals surface area contributed by atoms with Crippen LogP contribution < -0.4 is 19.5 Å². The molecule has 0 unspecified atom stereocenters. The summed E-state index contributed by atoms with van der Waals surface area (Å²) >= 11 is 5.65. The second-order valence-electron chi connectivity index (χ2n) is 8.64. The highest BCUT2D eigenvalue weighted by atomic mass is 35.5. The number of carbonyl (C=O) groups is 2. The van der Waals surface area contributed by atoms with E-state index in [1.165, 1.54) is 26.4 Å². The van der Waals surface area contributed by atoms with Crippen LogP contribution in [0, 0.1) is 5.82 Å². The third kappa shape index (κ3) is 6.32. The Balaban J connectivity index is 1.29. The van der Waals surface area contributed by atoms with Crippen LogP contribution in [-0.2, 0) is 4.79 Å². The van der Waals surface area contributed by atoms with Crippen LogP contribution in [0.15, 0.2) is 60.7 Å². The summed E-state index contributed by atoms with van der Waals surface area (Å²) in [6.45, 7) is 0.976. The molecule has 0 saturated carbocycles. The van der Waals surface area contributed by atoms with Gasteiger partial charge in [0.05, 0.1) is 19.2 Å². The van der Waals surface area contributed by atoms with E-state index in [-0.39, 0.29) is 29.2 Å². The van der Waals surface area contributed by atoms with Gasteiger partial charge in [0.1, 0.15) is 28.6 Å². The molecule has 194 valence electrons. The molecular weight excluding hydrogens is 499 g/mol. The van der Waals surface area contributed by atoms with Gasteiger partial charge in [-0.3, -0.25) is 9.59 Å². The fraction of sp³-hybridized carbons (Fsp3) is 0.286. The summed E-state index contributed by atoms with van der Waals surface area (Å²) in [7, 11) is 3.08. The second-order valence-corrected chi connectivity index (χ2v) is 9.05. The van der Waals surface area contributed by atoms with E-state index >= 15 is 0 Å². The molecule has 1 saturated heterocycles. The lowest BCUT2D eigenvalue weighted by molar-refractivity contribution is -0.118. The van der Waals surface area contributed by atoms with Crippen LogP contribution in [0.1, 0.15) is 34.7 Å². The molecule has 3 aromatic carbocycles. The molecule has 7 nitrogen and oxygen atoms in total. The van der Waals surface area contributed by atoms with Crippen molar-refractivity contribution in [3.05, 3.63) is 82.6 Å². The Kier molecular flexibility index (Phi) is 8.50. The molecule has 0 atom stereocenters. The molecule has 9 heteroatoms. The Bertz CT molecular complexity index is 1240. The van der Waals surface area contributed by atoms with E-state index in [0.29, 0.717) is 41.8 Å². The lowest BCUT2D eigenvalue weighted by atomic mass is 9.89. The highest BCUT2D eigenvalue weighted by Crippen LogP contribution is 2.33. The van der Waals surface area contributed by atoms with Gasteiger partial charge in [0, 0.05) is 24.8 Å². The molecular formula is C28H28ClFN2O5. The average Bonchev–Trinajstić information content (AvgIpc) is 2.93. The lowest BCUT2D eigenvalue weighted by Crippen LogP contribution is -2.38. The fourth-order valence-electron chi connectivity index (χ4n) is 4.39. The monoisotopic (exact) mass is 526 g/mol. The van der Waals surface area contributed by atoms with Crippen molar-refractivity contribution in [2.24, 2.45) is 0 Å². The maximum atomic E-state index is 13.5. The summed E-state index contributed by atoms with van der Waals surface area (Å²) in [5.41, 5.74) is 2.22. The van der Waals surface area contributed by atoms with Gasteiger partial charge < -0.3 is 24.4 Å². The summed E-state index contributed by atoms with van der Waals surface area (Å²) in [5, 5.41) is 2.76. The van der Waals surface area contributed by atoms with Gasteiger partial charge in [0.15, 0.2) is 6.61 Å². The van der Waals surface area contributed by atoms with E-state index in [1.807, 2.05) is 29.2 Å². The molecule has 0 aliphatic carbocycles. The van der Waals surface area contributed by atoms with Crippen molar-refractivity contribution in [1.82, 2.24) is 4.90 Å². The molecule has 2 amide bonds. The standard InChI is InChI=1S/C28H28ClFN2O5/c1-35-24-4-3-5-25(36-2)27(24)28(34)32-14-12-19(13-15-32)18-6-8-20(9-7-18)31-26(33)17-37-21-10-11-22(29)23(30)16-21/h3-11,16,19H,12-15,17H2,1-2H3,(H,31,33). The van der Waals surface area contributed by atoms with Crippen molar-refractivity contribution in [2.45, 2.75) is 18.8 Å². The van der Waals surface area contributed by atoms with Crippen LogP contribution in [0.5, 0.6) is 17.2 Å². The molecule has 0 bridgehead atoms. The van der Waals surface area contributed by atoms with E-state index in [1.54, 1.807) is 18.2 Å². The maximum Gasteiger partial charge on any atom is 0.262 e. The summed E-state index contributed by atoms with van der Waals surface area (Å²) in [6.07, 6.45) is 1.64. The van der Waals surface area contributed by atoms with Crippen molar-refractivity contribution in [3.8, 4) is 17.2 Å². The Morgan fingerprint density at radius 3 is 2.24 bits per heavy atom. The number of rotatable bonds is 8. The van der Waals surface area contributed by atoms with E-state index in [4.69, 9.17) is 25.8 Å². The first-order chi connectivity index (χ1) is 17.9. The summed E-state index contributed by atoms with van der Waals surface area (Å²) in [4.78, 5) is 27.3. The third-order valence-corrected chi connectivity index (χ3v) is 6.66. The number of hydrogen-bond donors (Lipinski definition) is 1. The van der Waals surface area contributed by atoms with Crippen molar-refractivity contribution in [2.75, 3.05) is 39.2 Å². The second kappa shape index (κ2) is 12.0. The van der Waals surface area contributed by atoms with Gasteiger partial charge in [-0.05, 0) is 60.7 Å². The number of methoxy groups -OCH3 is 2. The van der Waals surface area contributed by atoms with Crippen LogP contribution in [0.25, 0.3) is 0 Å². The molecule has 37 heavy (non-hydrogen) atoms. The largest absolute Gasteiger partial charge is 0.496 e. The molecule has 1 aliphatic heterocycles. The number of anilines is 1. The van der Waals surface area contributed by atoms with E-state index in [2.05, 4.69) is 5.32 Å². The van der Waals surface area contributed by atoms with Gasteiger partial charge in [0.2, 0.25) is 0 Å². The number of likely N-dealkylation sites (tertiary alicyclic amines) is 1. The van der Waals surface area contributed by atoms with Crippen LogP contribution >= 0.6 is 11.6 Å². The zero-order valence-electron chi connectivity index (χ0n) is 20.6. The minimum absolute atomic E-state index is 0.00850. The number of ether oxygens (including phenoxy) is 3. The van der Waals surface area contributed by atoms with Gasteiger partial charge in [-0.15, -0.1) is 0 Å². The van der Waals surface area contributed by atoms with Crippen molar-refractivity contribution >= 4 is 29.1 Å². The summed E-state index contributed by atoms with van der Waals surface area (Å²) < 4.78 is 29.6. The van der Waals surface area contributed by atoms with Crippen LogP contribution in [-0.4, -0.2) is 50.6 Å². The summed E-state index contributed by atoms with van der Waals surface area (Å²) in [5.74, 6) is 0.448. The lowest BCUT2D eigenvalue weighted by Gasteiger charge is -2.33. The smallest absolute Gasteiger partial charge is 0.262 e. The SMILES string of the molecule is COc1cccc(OC)c1C(=O)N1CCC(c2ccc(NC(=O)COc3ccc(Cl)c(F)c3)cc2)CC1. The number of hydrogen-bond acceptors (Lipinski definition) is 5. The van der Waals surface area contributed by atoms with Gasteiger partial charge in [0.25, 0.3) is 11.8 Å². The first kappa shape index (κ1) is 26.3. The molecule has 1 aliphatic rings. The van der Waals surface area contributed by atoms with Crippen LogP contribution in [0.3, 0.4) is 0 Å². The van der Waals surface area contributed by atoms with Crippen molar-refractivity contribution < 1.29 is 28.2 Å². The number of benzene rings is 3. The number of piperidine rings is 1. The maximum absolute atomic E-state index is 13.5. The van der Waals surface area contributed by atoms with Gasteiger partial charge in [-0.25, -0.2) is 4.39 Å². The first-order valence-corrected chi connectivity index (χ1v) is 12.2. The Labute approximate surface area is 220 Å².